The minimum atomic E-state index is -3.57. The Morgan fingerprint density at radius 3 is 2.68 bits per heavy atom. The summed E-state index contributed by atoms with van der Waals surface area (Å²) in [5.41, 5.74) is 0. The maximum atomic E-state index is 12.5. The first-order chi connectivity index (χ1) is 10.4. The smallest absolute Gasteiger partial charge is 0.262 e. The van der Waals surface area contributed by atoms with Gasteiger partial charge in [-0.15, -0.1) is 0 Å². The molecule has 1 aromatic rings. The summed E-state index contributed by atoms with van der Waals surface area (Å²) < 4.78 is 28.1. The molecule has 1 aliphatic heterocycles. The summed E-state index contributed by atoms with van der Waals surface area (Å²) in [4.78, 5) is 17.8. The van der Waals surface area contributed by atoms with Crippen LogP contribution in [0.15, 0.2) is 17.6 Å². The van der Waals surface area contributed by atoms with E-state index in [2.05, 4.69) is 11.9 Å². The molecule has 0 aromatic carbocycles. The minimum Gasteiger partial charge on any atom is -0.341 e. The third kappa shape index (κ3) is 3.86. The molecule has 0 spiro atoms. The summed E-state index contributed by atoms with van der Waals surface area (Å²) in [5, 5.41) is 0.0701. The second-order valence-corrected chi connectivity index (χ2v) is 7.50. The van der Waals surface area contributed by atoms with Gasteiger partial charge in [0, 0.05) is 45.8 Å². The van der Waals surface area contributed by atoms with Gasteiger partial charge >= 0.3 is 0 Å². The lowest BCUT2D eigenvalue weighted by Gasteiger charge is -2.21. The highest BCUT2D eigenvalue weighted by Crippen LogP contribution is 2.16. The van der Waals surface area contributed by atoms with Crippen molar-refractivity contribution < 1.29 is 13.2 Å². The minimum absolute atomic E-state index is 0.0701. The molecule has 22 heavy (non-hydrogen) atoms. The summed E-state index contributed by atoms with van der Waals surface area (Å²) in [6.45, 7) is 3.88. The number of rotatable bonds is 5. The van der Waals surface area contributed by atoms with Gasteiger partial charge in [-0.2, -0.15) is 4.31 Å². The van der Waals surface area contributed by atoms with Crippen LogP contribution in [0.5, 0.6) is 0 Å². The molecule has 0 radical (unpaired) electrons. The van der Waals surface area contributed by atoms with E-state index >= 15 is 0 Å². The zero-order chi connectivity index (χ0) is 16.2. The van der Waals surface area contributed by atoms with Gasteiger partial charge in [-0.05, 0) is 12.8 Å². The Morgan fingerprint density at radius 2 is 2.05 bits per heavy atom. The van der Waals surface area contributed by atoms with E-state index in [9.17, 15) is 13.2 Å². The second kappa shape index (κ2) is 7.23. The topological polar surface area (TPSA) is 75.5 Å². The molecule has 1 saturated heterocycles. The number of carbonyl (C=O) groups excluding carboxylic acids is 1. The predicted molar refractivity (Wildman–Crippen MR) is 82.7 cm³/mol. The fourth-order valence-corrected chi connectivity index (χ4v) is 3.96. The van der Waals surface area contributed by atoms with Gasteiger partial charge < -0.3 is 9.47 Å². The van der Waals surface area contributed by atoms with Gasteiger partial charge in [0.25, 0.3) is 10.0 Å². The largest absolute Gasteiger partial charge is 0.341 e. The number of carbonyl (C=O) groups is 1. The first-order valence-electron chi connectivity index (χ1n) is 7.71. The van der Waals surface area contributed by atoms with Crippen LogP contribution >= 0.6 is 0 Å². The summed E-state index contributed by atoms with van der Waals surface area (Å²) in [6.07, 6.45) is 6.05. The van der Waals surface area contributed by atoms with Crippen LogP contribution in [-0.2, 0) is 21.9 Å². The Balaban J connectivity index is 2.02. The average molecular weight is 328 g/mol. The predicted octanol–water partition coefficient (Wildman–Crippen LogP) is 0.833. The quantitative estimate of drug-likeness (QED) is 0.802. The monoisotopic (exact) mass is 328 g/mol. The molecule has 1 amide bonds. The number of amides is 1. The molecule has 0 atom stereocenters. The Kier molecular flexibility index (Phi) is 5.57. The SMILES string of the molecule is CCCCC(=O)N1CCCN(S(=O)(=O)c2cn(C)cn2)CC1. The van der Waals surface area contributed by atoms with Crippen LogP contribution in [0.1, 0.15) is 32.6 Å². The van der Waals surface area contributed by atoms with Crippen molar-refractivity contribution in [2.24, 2.45) is 7.05 Å². The zero-order valence-corrected chi connectivity index (χ0v) is 14.0. The van der Waals surface area contributed by atoms with E-state index in [1.165, 1.54) is 16.8 Å². The first kappa shape index (κ1) is 17.0. The van der Waals surface area contributed by atoms with Gasteiger partial charge in [-0.1, -0.05) is 13.3 Å². The maximum absolute atomic E-state index is 12.5. The van der Waals surface area contributed by atoms with Gasteiger partial charge in [-0.3, -0.25) is 4.79 Å². The van der Waals surface area contributed by atoms with Crippen LogP contribution in [-0.4, -0.2) is 59.3 Å². The molecule has 0 aliphatic carbocycles. The van der Waals surface area contributed by atoms with Crippen molar-refractivity contribution in [1.82, 2.24) is 18.8 Å². The molecule has 124 valence electrons. The number of aryl methyl sites for hydroxylation is 1. The Labute approximate surface area is 132 Å². The van der Waals surface area contributed by atoms with Crippen LogP contribution in [0.3, 0.4) is 0 Å². The molecule has 1 fully saturated rings. The van der Waals surface area contributed by atoms with E-state index in [0.717, 1.165) is 12.8 Å². The highest BCUT2D eigenvalue weighted by molar-refractivity contribution is 7.89. The van der Waals surface area contributed by atoms with Gasteiger partial charge in [0.15, 0.2) is 5.03 Å². The standard InChI is InChI=1S/C14H24N4O3S/c1-3-4-6-14(19)17-7-5-8-18(10-9-17)22(20,21)13-11-16(2)12-15-13/h11-12H,3-10H2,1-2H3. The van der Waals surface area contributed by atoms with Crippen molar-refractivity contribution in [1.29, 1.82) is 0 Å². The third-order valence-electron chi connectivity index (χ3n) is 3.84. The molecule has 2 rings (SSSR count). The number of hydrogen-bond donors (Lipinski definition) is 0. The van der Waals surface area contributed by atoms with Crippen LogP contribution in [0, 0.1) is 0 Å². The number of imidazole rings is 1. The van der Waals surface area contributed by atoms with Crippen LogP contribution < -0.4 is 0 Å². The lowest BCUT2D eigenvalue weighted by Crippen LogP contribution is -2.37. The molecule has 8 heteroatoms. The van der Waals surface area contributed by atoms with Crippen molar-refractivity contribution >= 4 is 15.9 Å². The second-order valence-electron chi connectivity index (χ2n) is 5.62. The Bertz CT molecular complexity index is 611. The zero-order valence-electron chi connectivity index (χ0n) is 13.2. The summed E-state index contributed by atoms with van der Waals surface area (Å²) in [7, 11) is -1.83. The van der Waals surface area contributed by atoms with Crippen LogP contribution in [0.2, 0.25) is 0 Å². The molecule has 1 aromatic heterocycles. The molecular weight excluding hydrogens is 304 g/mol. The van der Waals surface area contributed by atoms with E-state index in [0.29, 0.717) is 39.0 Å². The van der Waals surface area contributed by atoms with Crippen molar-refractivity contribution in [2.45, 2.75) is 37.6 Å². The summed E-state index contributed by atoms with van der Waals surface area (Å²) in [5.74, 6) is 0.124. The molecule has 7 nitrogen and oxygen atoms in total. The highest BCUT2D eigenvalue weighted by atomic mass is 32.2. The van der Waals surface area contributed by atoms with E-state index in [1.807, 2.05) is 0 Å². The molecule has 0 unspecified atom stereocenters. The average Bonchev–Trinajstić information content (AvgIpc) is 2.77. The van der Waals surface area contributed by atoms with E-state index in [4.69, 9.17) is 0 Å². The number of hydrogen-bond acceptors (Lipinski definition) is 4. The Hall–Kier alpha value is -1.41. The lowest BCUT2D eigenvalue weighted by molar-refractivity contribution is -0.131. The van der Waals surface area contributed by atoms with Crippen molar-refractivity contribution in [3.63, 3.8) is 0 Å². The fourth-order valence-electron chi connectivity index (χ4n) is 2.52. The first-order valence-corrected chi connectivity index (χ1v) is 9.15. The molecule has 2 heterocycles. The van der Waals surface area contributed by atoms with Crippen LogP contribution in [0.25, 0.3) is 0 Å². The summed E-state index contributed by atoms with van der Waals surface area (Å²) in [6, 6.07) is 0. The van der Waals surface area contributed by atoms with Crippen molar-refractivity contribution in [2.75, 3.05) is 26.2 Å². The fraction of sp³-hybridized carbons (Fsp3) is 0.714. The number of aromatic nitrogens is 2. The summed E-state index contributed by atoms with van der Waals surface area (Å²) >= 11 is 0. The number of unbranched alkanes of at least 4 members (excludes halogenated alkanes) is 1. The van der Waals surface area contributed by atoms with Gasteiger partial charge in [0.2, 0.25) is 5.91 Å². The van der Waals surface area contributed by atoms with Gasteiger partial charge in [0.05, 0.1) is 6.33 Å². The molecule has 0 N–H and O–H groups in total. The number of nitrogens with zero attached hydrogens (tertiary/aromatic N) is 4. The van der Waals surface area contributed by atoms with Gasteiger partial charge in [-0.25, -0.2) is 13.4 Å². The number of sulfonamides is 1. The van der Waals surface area contributed by atoms with Gasteiger partial charge in [0.1, 0.15) is 0 Å². The Morgan fingerprint density at radius 1 is 1.27 bits per heavy atom. The highest BCUT2D eigenvalue weighted by Gasteiger charge is 2.29. The third-order valence-corrected chi connectivity index (χ3v) is 5.62. The molecule has 0 saturated carbocycles. The lowest BCUT2D eigenvalue weighted by atomic mass is 10.2. The molecule has 1 aliphatic rings. The van der Waals surface area contributed by atoms with Crippen molar-refractivity contribution in [3.8, 4) is 0 Å². The normalized spacial score (nSPS) is 17.5. The van der Waals surface area contributed by atoms with Crippen LogP contribution in [0.4, 0.5) is 0 Å². The van der Waals surface area contributed by atoms with E-state index < -0.39 is 10.0 Å². The van der Waals surface area contributed by atoms with Crippen molar-refractivity contribution in [3.05, 3.63) is 12.5 Å². The molecule has 0 bridgehead atoms. The molecular formula is C14H24N4O3S. The van der Waals surface area contributed by atoms with E-state index in [1.54, 1.807) is 16.5 Å². The maximum Gasteiger partial charge on any atom is 0.262 e. The van der Waals surface area contributed by atoms with E-state index in [-0.39, 0.29) is 10.9 Å².